The summed E-state index contributed by atoms with van der Waals surface area (Å²) in [5.74, 6) is 1.13. The van der Waals surface area contributed by atoms with Crippen molar-refractivity contribution in [3.8, 4) is 11.1 Å². The van der Waals surface area contributed by atoms with Crippen molar-refractivity contribution in [2.75, 3.05) is 7.05 Å². The number of nitrogens with two attached hydrogens (primary N) is 1. The Morgan fingerprint density at radius 2 is 2.07 bits per heavy atom. The van der Waals surface area contributed by atoms with Crippen LogP contribution in [0.25, 0.3) is 27.8 Å². The zero-order chi connectivity index (χ0) is 21.0. The van der Waals surface area contributed by atoms with Crippen LogP contribution in [0.2, 0.25) is 0 Å². The molecule has 0 aliphatic heterocycles. The van der Waals surface area contributed by atoms with Gasteiger partial charge in [0, 0.05) is 29.6 Å². The molecule has 3 N–H and O–H groups in total. The first-order valence-corrected chi connectivity index (χ1v) is 9.80. The van der Waals surface area contributed by atoms with Gasteiger partial charge in [0.05, 0.1) is 29.3 Å². The lowest BCUT2D eigenvalue weighted by molar-refractivity contribution is 0.127. The van der Waals surface area contributed by atoms with Gasteiger partial charge < -0.3 is 15.6 Å². The van der Waals surface area contributed by atoms with E-state index < -0.39 is 18.5 Å². The summed E-state index contributed by atoms with van der Waals surface area (Å²) < 4.78 is 29.3. The van der Waals surface area contributed by atoms with Crippen LogP contribution in [0.4, 0.5) is 8.78 Å². The van der Waals surface area contributed by atoms with E-state index >= 15 is 0 Å². The number of halogens is 2. The van der Waals surface area contributed by atoms with Gasteiger partial charge in [-0.1, -0.05) is 0 Å². The predicted molar refractivity (Wildman–Crippen MR) is 108 cm³/mol. The minimum Gasteiger partial charge on any atom is -0.321 e. The molecule has 10 heteroatoms. The summed E-state index contributed by atoms with van der Waals surface area (Å²) in [7, 11) is 1.92. The van der Waals surface area contributed by atoms with E-state index in [0.717, 1.165) is 29.5 Å². The highest BCUT2D eigenvalue weighted by Crippen LogP contribution is 2.37. The molecule has 4 heterocycles. The number of aryl methyl sites for hydroxylation is 1. The van der Waals surface area contributed by atoms with Crippen molar-refractivity contribution in [2.45, 2.75) is 44.3 Å². The number of hydrogen-bond acceptors (Lipinski definition) is 6. The average molecular weight is 412 g/mol. The summed E-state index contributed by atoms with van der Waals surface area (Å²) in [6.45, 7) is 1.29. The molecular formula is C20H22F2N8. The molecule has 1 fully saturated rings. The Labute approximate surface area is 171 Å². The lowest BCUT2D eigenvalue weighted by Crippen LogP contribution is -2.57. The Hall–Kier alpha value is -2.98. The molecule has 0 bridgehead atoms. The van der Waals surface area contributed by atoms with Crippen molar-refractivity contribution < 1.29 is 8.78 Å². The first-order valence-electron chi connectivity index (χ1n) is 9.80. The molecule has 0 aromatic carbocycles. The highest BCUT2D eigenvalue weighted by Gasteiger charge is 2.44. The number of aromatic nitrogens is 6. The molecule has 4 aromatic rings. The summed E-state index contributed by atoms with van der Waals surface area (Å²) in [5.41, 5.74) is 9.42. The molecule has 5 rings (SSSR count). The largest absolute Gasteiger partial charge is 0.321 e. The molecule has 0 radical (unpaired) electrons. The molecule has 0 unspecified atom stereocenters. The topological polar surface area (TPSA) is 99.0 Å². The SMILES string of the molecule is CNC1CC(N)(c2ncc3c(-c4cnc5nc(C)n(CC(F)F)c5c4)ccn3n2)C1. The fourth-order valence-corrected chi connectivity index (χ4v) is 4.21. The smallest absolute Gasteiger partial charge is 0.256 e. The lowest BCUT2D eigenvalue weighted by Gasteiger charge is -2.43. The molecular weight excluding hydrogens is 390 g/mol. The minimum absolute atomic E-state index is 0.383. The maximum Gasteiger partial charge on any atom is 0.256 e. The second-order valence-corrected chi connectivity index (χ2v) is 7.92. The highest BCUT2D eigenvalue weighted by atomic mass is 19.3. The zero-order valence-corrected chi connectivity index (χ0v) is 16.7. The van der Waals surface area contributed by atoms with Crippen molar-refractivity contribution in [3.05, 3.63) is 42.4 Å². The van der Waals surface area contributed by atoms with Gasteiger partial charge in [-0.25, -0.2) is 28.2 Å². The van der Waals surface area contributed by atoms with Crippen molar-refractivity contribution in [2.24, 2.45) is 5.73 Å². The van der Waals surface area contributed by atoms with Gasteiger partial charge in [0.1, 0.15) is 5.82 Å². The van der Waals surface area contributed by atoms with Gasteiger partial charge in [0.25, 0.3) is 6.43 Å². The molecule has 1 aliphatic rings. The van der Waals surface area contributed by atoms with E-state index in [1.54, 1.807) is 23.8 Å². The third kappa shape index (κ3) is 2.94. The summed E-state index contributed by atoms with van der Waals surface area (Å²) in [5, 5.41) is 7.84. The van der Waals surface area contributed by atoms with Gasteiger partial charge in [-0.05, 0) is 38.9 Å². The van der Waals surface area contributed by atoms with Crippen LogP contribution >= 0.6 is 0 Å². The van der Waals surface area contributed by atoms with Crippen LogP contribution in [0.15, 0.2) is 30.7 Å². The van der Waals surface area contributed by atoms with E-state index in [2.05, 4.69) is 25.4 Å². The van der Waals surface area contributed by atoms with E-state index in [4.69, 9.17) is 5.73 Å². The fraction of sp³-hybridized carbons (Fsp3) is 0.400. The predicted octanol–water partition coefficient (Wildman–Crippen LogP) is 2.25. The van der Waals surface area contributed by atoms with Crippen molar-refractivity contribution in [1.82, 2.24) is 34.4 Å². The summed E-state index contributed by atoms with van der Waals surface area (Å²) in [4.78, 5) is 13.2. The van der Waals surface area contributed by atoms with Crippen molar-refractivity contribution in [3.63, 3.8) is 0 Å². The third-order valence-corrected chi connectivity index (χ3v) is 5.92. The molecule has 4 aromatic heterocycles. The van der Waals surface area contributed by atoms with Crippen LogP contribution in [0.5, 0.6) is 0 Å². The van der Waals surface area contributed by atoms with E-state index in [-0.39, 0.29) is 0 Å². The van der Waals surface area contributed by atoms with E-state index in [1.165, 1.54) is 4.57 Å². The minimum atomic E-state index is -2.47. The van der Waals surface area contributed by atoms with Crippen LogP contribution < -0.4 is 11.1 Å². The van der Waals surface area contributed by atoms with Crippen LogP contribution in [-0.2, 0) is 12.1 Å². The average Bonchev–Trinajstić information content (AvgIpc) is 3.25. The lowest BCUT2D eigenvalue weighted by atomic mass is 9.73. The first-order chi connectivity index (χ1) is 14.4. The van der Waals surface area contributed by atoms with E-state index in [1.807, 2.05) is 25.4 Å². The molecule has 1 aliphatic carbocycles. The van der Waals surface area contributed by atoms with Crippen molar-refractivity contribution >= 4 is 16.7 Å². The normalized spacial score (nSPS) is 21.6. The van der Waals surface area contributed by atoms with Gasteiger partial charge in [-0.3, -0.25) is 0 Å². The molecule has 30 heavy (non-hydrogen) atoms. The van der Waals surface area contributed by atoms with Gasteiger partial charge in [0.15, 0.2) is 11.5 Å². The van der Waals surface area contributed by atoms with Crippen molar-refractivity contribution in [1.29, 1.82) is 0 Å². The molecule has 156 valence electrons. The Morgan fingerprint density at radius 3 is 2.80 bits per heavy atom. The van der Waals surface area contributed by atoms with E-state index in [0.29, 0.717) is 28.9 Å². The van der Waals surface area contributed by atoms with Crippen LogP contribution in [0.3, 0.4) is 0 Å². The van der Waals surface area contributed by atoms with Crippen LogP contribution in [-0.4, -0.2) is 48.6 Å². The number of fused-ring (bicyclic) bond motifs is 2. The summed E-state index contributed by atoms with van der Waals surface area (Å²) in [6.07, 6.45) is 4.40. The number of rotatable bonds is 5. The second-order valence-electron chi connectivity index (χ2n) is 7.92. The number of alkyl halides is 2. The Kier molecular flexibility index (Phi) is 4.30. The molecule has 0 spiro atoms. The van der Waals surface area contributed by atoms with Crippen LogP contribution in [0.1, 0.15) is 24.5 Å². The molecule has 0 atom stereocenters. The fourth-order valence-electron chi connectivity index (χ4n) is 4.21. The molecule has 0 saturated heterocycles. The second kappa shape index (κ2) is 6.78. The quantitative estimate of drug-likeness (QED) is 0.522. The van der Waals surface area contributed by atoms with Gasteiger partial charge in [-0.2, -0.15) is 5.10 Å². The number of hydrogen-bond donors (Lipinski definition) is 2. The highest BCUT2D eigenvalue weighted by molar-refractivity contribution is 5.85. The maximum atomic E-state index is 13.0. The summed E-state index contributed by atoms with van der Waals surface area (Å²) >= 11 is 0. The van der Waals surface area contributed by atoms with Crippen LogP contribution in [0, 0.1) is 6.92 Å². The molecule has 1 saturated carbocycles. The molecule has 0 amide bonds. The Balaban J connectivity index is 1.54. The first kappa shape index (κ1) is 19.0. The third-order valence-electron chi connectivity index (χ3n) is 5.92. The number of pyridine rings is 1. The number of nitrogens with zero attached hydrogens (tertiary/aromatic N) is 6. The van der Waals surface area contributed by atoms with E-state index in [9.17, 15) is 8.78 Å². The Bertz CT molecular complexity index is 1240. The van der Waals surface area contributed by atoms with Gasteiger partial charge in [-0.15, -0.1) is 0 Å². The zero-order valence-electron chi connectivity index (χ0n) is 16.7. The summed E-state index contributed by atoms with van der Waals surface area (Å²) in [6, 6.07) is 4.13. The monoisotopic (exact) mass is 412 g/mol. The Morgan fingerprint density at radius 1 is 1.27 bits per heavy atom. The standard InChI is InChI=1S/C20H22F2N8/c1-11-27-18-15(29(11)10-17(21)22)5-12(8-25-18)14-3-4-30-16(14)9-26-19(28-30)20(23)6-13(7-20)24-2/h3-5,8-9,13,17,24H,6-7,10,23H2,1-2H3. The molecule has 8 nitrogen and oxygen atoms in total. The maximum absolute atomic E-state index is 13.0. The van der Waals surface area contributed by atoms with Gasteiger partial charge >= 0.3 is 0 Å². The number of nitrogens with one attached hydrogen (secondary N) is 1. The number of imidazole rings is 1. The van der Waals surface area contributed by atoms with Gasteiger partial charge in [0.2, 0.25) is 0 Å².